The van der Waals surface area contributed by atoms with Gasteiger partial charge in [-0.05, 0) is 30.7 Å². The second kappa shape index (κ2) is 5.23. The van der Waals surface area contributed by atoms with Crippen molar-refractivity contribution < 1.29 is 0 Å². The third-order valence-electron chi connectivity index (χ3n) is 2.55. The Morgan fingerprint density at radius 2 is 2.19 bits per heavy atom. The maximum absolute atomic E-state index is 6.17. The summed E-state index contributed by atoms with van der Waals surface area (Å²) in [5.41, 5.74) is 7.22. The molecule has 0 radical (unpaired) electrons. The highest BCUT2D eigenvalue weighted by Crippen LogP contribution is 2.24. The summed E-state index contributed by atoms with van der Waals surface area (Å²) in [6.45, 7) is 2.17. The van der Waals surface area contributed by atoms with Crippen molar-refractivity contribution in [2.45, 2.75) is 25.8 Å². The minimum atomic E-state index is 0.0696. The van der Waals surface area contributed by atoms with Gasteiger partial charge in [-0.1, -0.05) is 13.0 Å². The van der Waals surface area contributed by atoms with Gasteiger partial charge in [-0.3, -0.25) is 4.98 Å². The second-order valence-corrected chi connectivity index (χ2v) is 4.99. The molecular formula is C13H16N2S. The number of thiophene rings is 1. The van der Waals surface area contributed by atoms with Crippen molar-refractivity contribution in [3.63, 3.8) is 0 Å². The largest absolute Gasteiger partial charge is 0.323 e. The first-order valence-corrected chi connectivity index (χ1v) is 6.35. The molecule has 0 saturated carbocycles. The van der Waals surface area contributed by atoms with Gasteiger partial charge in [0.05, 0.1) is 0 Å². The zero-order valence-electron chi connectivity index (χ0n) is 9.39. The smallest absolute Gasteiger partial charge is 0.0445 e. The van der Waals surface area contributed by atoms with E-state index < -0.39 is 0 Å². The average molecular weight is 232 g/mol. The van der Waals surface area contributed by atoms with Crippen LogP contribution in [0.1, 0.15) is 28.4 Å². The van der Waals surface area contributed by atoms with E-state index in [1.54, 1.807) is 0 Å². The molecule has 3 heteroatoms. The molecule has 2 nitrogen and oxygen atoms in total. The summed E-state index contributed by atoms with van der Waals surface area (Å²) in [6, 6.07) is 10.3. The molecule has 2 aromatic rings. The van der Waals surface area contributed by atoms with Gasteiger partial charge in [0.25, 0.3) is 0 Å². The molecule has 0 aliphatic heterocycles. The molecule has 0 aliphatic rings. The number of hydrogen-bond donors (Lipinski definition) is 1. The van der Waals surface area contributed by atoms with E-state index in [9.17, 15) is 0 Å². The number of rotatable bonds is 4. The molecule has 1 unspecified atom stereocenters. The van der Waals surface area contributed by atoms with Gasteiger partial charge in [-0.15, -0.1) is 11.3 Å². The fourth-order valence-corrected chi connectivity index (χ4v) is 2.58. The fourth-order valence-electron chi connectivity index (χ4n) is 1.63. The van der Waals surface area contributed by atoms with Crippen molar-refractivity contribution in [3.05, 3.63) is 52.0 Å². The summed E-state index contributed by atoms with van der Waals surface area (Å²) in [7, 11) is 0. The lowest BCUT2D eigenvalue weighted by molar-refractivity contribution is 0.720. The standard InChI is InChI=1S/C13H16N2S/c1-2-11-6-7-13(16-11)12(14)9-10-5-3-4-8-15-10/h3-8,12H,2,9,14H2,1H3. The van der Waals surface area contributed by atoms with Gasteiger partial charge in [-0.2, -0.15) is 0 Å². The lowest BCUT2D eigenvalue weighted by Gasteiger charge is -2.08. The number of nitrogens with two attached hydrogens (primary N) is 1. The predicted octanol–water partition coefficient (Wildman–Crippen LogP) is 2.95. The van der Waals surface area contributed by atoms with Crippen molar-refractivity contribution in [3.8, 4) is 0 Å². The highest BCUT2D eigenvalue weighted by atomic mass is 32.1. The SMILES string of the molecule is CCc1ccc(C(N)Cc2ccccn2)s1. The average Bonchev–Trinajstić information content (AvgIpc) is 2.79. The highest BCUT2D eigenvalue weighted by molar-refractivity contribution is 7.12. The molecule has 0 spiro atoms. The minimum Gasteiger partial charge on any atom is -0.323 e. The number of hydrogen-bond acceptors (Lipinski definition) is 3. The van der Waals surface area contributed by atoms with E-state index in [1.165, 1.54) is 9.75 Å². The van der Waals surface area contributed by atoms with E-state index >= 15 is 0 Å². The minimum absolute atomic E-state index is 0.0696. The summed E-state index contributed by atoms with van der Waals surface area (Å²) in [6.07, 6.45) is 3.71. The fraction of sp³-hybridized carbons (Fsp3) is 0.308. The van der Waals surface area contributed by atoms with Gasteiger partial charge in [0, 0.05) is 34.1 Å². The summed E-state index contributed by atoms with van der Waals surface area (Å²) in [4.78, 5) is 6.94. The Balaban J connectivity index is 2.05. The summed E-state index contributed by atoms with van der Waals surface area (Å²) in [5, 5.41) is 0. The molecule has 1 atom stereocenters. The van der Waals surface area contributed by atoms with E-state index in [0.717, 1.165) is 18.5 Å². The van der Waals surface area contributed by atoms with Crippen LogP contribution in [0, 0.1) is 0 Å². The van der Waals surface area contributed by atoms with Gasteiger partial charge >= 0.3 is 0 Å². The normalized spacial score (nSPS) is 12.6. The van der Waals surface area contributed by atoms with Crippen LogP contribution in [0.5, 0.6) is 0 Å². The zero-order chi connectivity index (χ0) is 11.4. The Morgan fingerprint density at radius 3 is 2.81 bits per heavy atom. The topological polar surface area (TPSA) is 38.9 Å². The van der Waals surface area contributed by atoms with Gasteiger partial charge in [-0.25, -0.2) is 0 Å². The third kappa shape index (κ3) is 2.68. The van der Waals surface area contributed by atoms with Gasteiger partial charge in [0.15, 0.2) is 0 Å². The number of aromatic nitrogens is 1. The summed E-state index contributed by atoms with van der Waals surface area (Å²) < 4.78 is 0. The van der Waals surface area contributed by atoms with Crippen LogP contribution in [0.15, 0.2) is 36.5 Å². The molecule has 0 aromatic carbocycles. The molecular weight excluding hydrogens is 216 g/mol. The van der Waals surface area contributed by atoms with Crippen molar-refractivity contribution in [2.75, 3.05) is 0 Å². The second-order valence-electron chi connectivity index (χ2n) is 3.79. The van der Waals surface area contributed by atoms with Gasteiger partial charge in [0.1, 0.15) is 0 Å². The van der Waals surface area contributed by atoms with E-state index in [2.05, 4.69) is 24.0 Å². The van der Waals surface area contributed by atoms with Crippen molar-refractivity contribution >= 4 is 11.3 Å². The van der Waals surface area contributed by atoms with Crippen molar-refractivity contribution in [1.29, 1.82) is 0 Å². The number of pyridine rings is 1. The maximum atomic E-state index is 6.17. The van der Waals surface area contributed by atoms with Crippen LogP contribution in [0.4, 0.5) is 0 Å². The molecule has 2 heterocycles. The van der Waals surface area contributed by atoms with Gasteiger partial charge < -0.3 is 5.73 Å². The first kappa shape index (κ1) is 11.3. The Morgan fingerprint density at radius 1 is 1.31 bits per heavy atom. The Bertz CT molecular complexity index is 436. The van der Waals surface area contributed by atoms with E-state index in [-0.39, 0.29) is 6.04 Å². The predicted molar refractivity (Wildman–Crippen MR) is 68.6 cm³/mol. The zero-order valence-corrected chi connectivity index (χ0v) is 10.2. The van der Waals surface area contributed by atoms with Crippen LogP contribution in [-0.2, 0) is 12.8 Å². The lowest BCUT2D eigenvalue weighted by Crippen LogP contribution is -2.12. The molecule has 16 heavy (non-hydrogen) atoms. The van der Waals surface area contributed by atoms with Gasteiger partial charge in [0.2, 0.25) is 0 Å². The Labute approximate surface area is 100 Å². The molecule has 2 rings (SSSR count). The molecule has 0 saturated heterocycles. The molecule has 0 amide bonds. The monoisotopic (exact) mass is 232 g/mol. The summed E-state index contributed by atoms with van der Waals surface area (Å²) >= 11 is 1.81. The first-order chi connectivity index (χ1) is 7.79. The molecule has 84 valence electrons. The molecule has 2 aromatic heterocycles. The van der Waals surface area contributed by atoms with Crippen LogP contribution >= 0.6 is 11.3 Å². The van der Waals surface area contributed by atoms with Crippen molar-refractivity contribution in [1.82, 2.24) is 4.98 Å². The number of nitrogens with zero attached hydrogens (tertiary/aromatic N) is 1. The Hall–Kier alpha value is -1.19. The maximum Gasteiger partial charge on any atom is 0.0445 e. The summed E-state index contributed by atoms with van der Waals surface area (Å²) in [5.74, 6) is 0. The highest BCUT2D eigenvalue weighted by Gasteiger charge is 2.10. The molecule has 0 aliphatic carbocycles. The van der Waals surface area contributed by atoms with Crippen LogP contribution in [-0.4, -0.2) is 4.98 Å². The quantitative estimate of drug-likeness (QED) is 0.880. The van der Waals surface area contributed by atoms with Crippen LogP contribution < -0.4 is 5.73 Å². The van der Waals surface area contributed by atoms with Crippen LogP contribution in [0.3, 0.4) is 0 Å². The number of aryl methyl sites for hydroxylation is 1. The lowest BCUT2D eigenvalue weighted by atomic mass is 10.1. The molecule has 0 bridgehead atoms. The molecule has 2 N–H and O–H groups in total. The van der Waals surface area contributed by atoms with Crippen LogP contribution in [0.2, 0.25) is 0 Å². The first-order valence-electron chi connectivity index (χ1n) is 5.53. The van der Waals surface area contributed by atoms with E-state index in [0.29, 0.717) is 0 Å². The third-order valence-corrected chi connectivity index (χ3v) is 3.91. The van der Waals surface area contributed by atoms with E-state index in [4.69, 9.17) is 5.73 Å². The van der Waals surface area contributed by atoms with Crippen LogP contribution in [0.25, 0.3) is 0 Å². The van der Waals surface area contributed by atoms with Crippen molar-refractivity contribution in [2.24, 2.45) is 5.73 Å². The molecule has 0 fully saturated rings. The Kier molecular flexibility index (Phi) is 3.70. The van der Waals surface area contributed by atoms with E-state index in [1.807, 2.05) is 35.7 Å².